The fourth-order valence-electron chi connectivity index (χ4n) is 5.25. The van der Waals surface area contributed by atoms with Gasteiger partial charge in [0.2, 0.25) is 5.91 Å². The van der Waals surface area contributed by atoms with Gasteiger partial charge in [0.25, 0.3) is 0 Å². The Bertz CT molecular complexity index is 900. The van der Waals surface area contributed by atoms with E-state index in [2.05, 4.69) is 35.8 Å². The molecule has 0 spiro atoms. The van der Waals surface area contributed by atoms with Crippen LogP contribution in [0.1, 0.15) is 57.9 Å². The fraction of sp³-hybridized carbons (Fsp3) is 0.536. The summed E-state index contributed by atoms with van der Waals surface area (Å²) < 4.78 is 6.13. The summed E-state index contributed by atoms with van der Waals surface area (Å²) in [4.78, 5) is 17.3. The Labute approximate surface area is 193 Å². The number of carbonyl (C=O) groups is 1. The van der Waals surface area contributed by atoms with Gasteiger partial charge in [-0.3, -0.25) is 4.79 Å². The van der Waals surface area contributed by atoms with Crippen LogP contribution in [0.2, 0.25) is 0 Å². The number of allylic oxidation sites excluding steroid dienone is 3. The highest BCUT2D eigenvalue weighted by molar-refractivity contribution is 5.93. The maximum absolute atomic E-state index is 12.7. The van der Waals surface area contributed by atoms with Gasteiger partial charge in [0.15, 0.2) is 0 Å². The average Bonchev–Trinajstić information content (AvgIpc) is 3.62. The van der Waals surface area contributed by atoms with E-state index in [0.29, 0.717) is 11.7 Å². The Morgan fingerprint density at radius 3 is 2.50 bits per heavy atom. The van der Waals surface area contributed by atoms with E-state index in [4.69, 9.17) is 4.74 Å². The van der Waals surface area contributed by atoms with Gasteiger partial charge in [0, 0.05) is 42.3 Å². The maximum Gasteiger partial charge on any atom is 0.249 e. The van der Waals surface area contributed by atoms with Crippen molar-refractivity contribution in [1.29, 1.82) is 0 Å². The minimum atomic E-state index is 0.0968. The van der Waals surface area contributed by atoms with E-state index < -0.39 is 0 Å². The molecule has 0 bridgehead atoms. The molecule has 1 aromatic carbocycles. The number of fused-ring (bicyclic) bond motifs is 1. The molecule has 2 heterocycles. The van der Waals surface area contributed by atoms with Gasteiger partial charge in [0.1, 0.15) is 11.5 Å². The van der Waals surface area contributed by atoms with Crippen molar-refractivity contribution in [2.24, 2.45) is 11.8 Å². The SMILES string of the molecule is C=C1Oc2ccccc2C(C2CCN(CC3CC3)CC2)/C1=C/C=C(\C)C(=O)N(CC)CC. The van der Waals surface area contributed by atoms with Crippen LogP contribution in [-0.2, 0) is 4.79 Å². The molecule has 1 unspecified atom stereocenters. The second-order valence-electron chi connectivity index (χ2n) is 9.57. The van der Waals surface area contributed by atoms with Crippen molar-refractivity contribution < 1.29 is 9.53 Å². The summed E-state index contributed by atoms with van der Waals surface area (Å²) in [5.74, 6) is 3.52. The maximum atomic E-state index is 12.7. The largest absolute Gasteiger partial charge is 0.457 e. The number of para-hydroxylation sites is 1. The van der Waals surface area contributed by atoms with Crippen molar-refractivity contribution in [3.63, 3.8) is 0 Å². The van der Waals surface area contributed by atoms with Crippen LogP contribution in [0.15, 0.2) is 59.9 Å². The summed E-state index contributed by atoms with van der Waals surface area (Å²) in [5.41, 5.74) is 3.13. The van der Waals surface area contributed by atoms with E-state index in [9.17, 15) is 4.79 Å². The minimum Gasteiger partial charge on any atom is -0.457 e. The molecule has 0 aromatic heterocycles. The Hall–Kier alpha value is -2.33. The van der Waals surface area contributed by atoms with Crippen LogP contribution >= 0.6 is 0 Å². The Morgan fingerprint density at radius 2 is 1.84 bits per heavy atom. The number of likely N-dealkylation sites (tertiary alicyclic amines) is 1. The van der Waals surface area contributed by atoms with E-state index in [1.165, 1.54) is 50.9 Å². The van der Waals surface area contributed by atoms with Crippen LogP contribution < -0.4 is 4.74 Å². The first-order valence-corrected chi connectivity index (χ1v) is 12.4. The Kier molecular flexibility index (Phi) is 7.20. The number of amides is 1. The van der Waals surface area contributed by atoms with Crippen LogP contribution in [0, 0.1) is 11.8 Å². The lowest BCUT2D eigenvalue weighted by molar-refractivity contribution is -0.126. The molecule has 32 heavy (non-hydrogen) atoms. The van der Waals surface area contributed by atoms with Crippen LogP contribution in [0.3, 0.4) is 0 Å². The second kappa shape index (κ2) is 10.1. The molecule has 2 aliphatic heterocycles. The standard InChI is InChI=1S/C28H38N2O2/c1-5-30(6-2)28(31)20(3)11-14-24-21(4)32-26-10-8-7-9-25(26)27(24)23-15-17-29(18-16-23)19-22-12-13-22/h7-11,14,22-23,27H,4-6,12-13,15-19H2,1-3H3/b20-11+,24-14+. The highest BCUT2D eigenvalue weighted by Gasteiger charge is 2.37. The van der Waals surface area contributed by atoms with Crippen LogP contribution in [-0.4, -0.2) is 48.4 Å². The lowest BCUT2D eigenvalue weighted by Gasteiger charge is -2.40. The van der Waals surface area contributed by atoms with Gasteiger partial charge < -0.3 is 14.5 Å². The number of carbonyl (C=O) groups excluding carboxylic acids is 1. The molecule has 0 N–H and O–H groups in total. The van der Waals surface area contributed by atoms with Gasteiger partial charge in [-0.15, -0.1) is 0 Å². The van der Waals surface area contributed by atoms with Gasteiger partial charge in [-0.1, -0.05) is 36.9 Å². The van der Waals surface area contributed by atoms with E-state index in [-0.39, 0.29) is 11.8 Å². The summed E-state index contributed by atoms with van der Waals surface area (Å²) in [6.45, 7) is 15.3. The predicted octanol–water partition coefficient (Wildman–Crippen LogP) is 5.54. The molecule has 1 saturated carbocycles. The summed E-state index contributed by atoms with van der Waals surface area (Å²) in [7, 11) is 0. The third-order valence-corrected chi connectivity index (χ3v) is 7.36. The van der Waals surface area contributed by atoms with Gasteiger partial charge >= 0.3 is 0 Å². The lowest BCUT2D eigenvalue weighted by atomic mass is 9.73. The normalized spacial score (nSPS) is 23.7. The molecule has 1 aliphatic carbocycles. The summed E-state index contributed by atoms with van der Waals surface area (Å²) in [6.07, 6.45) is 9.27. The minimum absolute atomic E-state index is 0.0968. The first-order chi connectivity index (χ1) is 15.5. The first kappa shape index (κ1) is 22.8. The fourth-order valence-corrected chi connectivity index (χ4v) is 5.25. The van der Waals surface area contributed by atoms with E-state index in [1.54, 1.807) is 0 Å². The van der Waals surface area contributed by atoms with Gasteiger partial charge in [-0.2, -0.15) is 0 Å². The molecule has 4 rings (SSSR count). The number of piperidine rings is 1. The zero-order valence-corrected chi connectivity index (χ0v) is 20.0. The first-order valence-electron chi connectivity index (χ1n) is 12.4. The van der Waals surface area contributed by atoms with Crippen molar-refractivity contribution in [2.75, 3.05) is 32.7 Å². The smallest absolute Gasteiger partial charge is 0.249 e. The van der Waals surface area contributed by atoms with E-state index in [0.717, 1.165) is 35.9 Å². The highest BCUT2D eigenvalue weighted by Crippen LogP contribution is 2.48. The average molecular weight is 435 g/mol. The van der Waals surface area contributed by atoms with Crippen LogP contribution in [0.5, 0.6) is 5.75 Å². The molecule has 1 atom stereocenters. The monoisotopic (exact) mass is 434 g/mol. The third-order valence-electron chi connectivity index (χ3n) is 7.36. The molecule has 172 valence electrons. The molecule has 0 radical (unpaired) electrons. The molecular weight excluding hydrogens is 396 g/mol. The molecule has 1 aromatic rings. The van der Waals surface area contributed by atoms with Gasteiger partial charge in [-0.05, 0) is 77.4 Å². The quantitative estimate of drug-likeness (QED) is 0.528. The third kappa shape index (κ3) is 5.01. The molecule has 3 aliphatic rings. The molecule has 1 amide bonds. The number of nitrogens with zero attached hydrogens (tertiary/aromatic N) is 2. The van der Waals surface area contributed by atoms with Crippen molar-refractivity contribution in [3.05, 3.63) is 65.5 Å². The molecule has 4 heteroatoms. The Morgan fingerprint density at radius 1 is 1.16 bits per heavy atom. The zero-order chi connectivity index (χ0) is 22.7. The van der Waals surface area contributed by atoms with Crippen molar-refractivity contribution in [1.82, 2.24) is 9.80 Å². The number of hydrogen-bond acceptors (Lipinski definition) is 3. The highest BCUT2D eigenvalue weighted by atomic mass is 16.5. The van der Waals surface area contributed by atoms with Crippen molar-refractivity contribution >= 4 is 5.91 Å². The van der Waals surface area contributed by atoms with E-state index in [1.807, 2.05) is 37.8 Å². The molecule has 1 saturated heterocycles. The van der Waals surface area contributed by atoms with E-state index >= 15 is 0 Å². The van der Waals surface area contributed by atoms with Gasteiger partial charge in [-0.25, -0.2) is 0 Å². The predicted molar refractivity (Wildman–Crippen MR) is 131 cm³/mol. The Balaban J connectivity index is 1.59. The summed E-state index contributed by atoms with van der Waals surface area (Å²) >= 11 is 0. The number of hydrogen-bond donors (Lipinski definition) is 0. The van der Waals surface area contributed by atoms with Crippen molar-refractivity contribution in [3.8, 4) is 5.75 Å². The summed E-state index contributed by atoms with van der Waals surface area (Å²) in [5, 5.41) is 0. The number of likely N-dealkylation sites (N-methyl/N-ethyl adjacent to an activating group) is 1. The topological polar surface area (TPSA) is 32.8 Å². The molecule has 2 fully saturated rings. The number of benzene rings is 1. The number of ether oxygens (including phenoxy) is 1. The lowest BCUT2D eigenvalue weighted by Crippen LogP contribution is -2.38. The van der Waals surface area contributed by atoms with Crippen molar-refractivity contribution in [2.45, 2.75) is 52.4 Å². The number of rotatable bonds is 7. The van der Waals surface area contributed by atoms with Gasteiger partial charge in [0.05, 0.1) is 0 Å². The molecular formula is C28H38N2O2. The zero-order valence-electron chi connectivity index (χ0n) is 20.0. The summed E-state index contributed by atoms with van der Waals surface area (Å²) in [6, 6.07) is 8.39. The van der Waals surface area contributed by atoms with Crippen LogP contribution in [0.4, 0.5) is 0 Å². The second-order valence-corrected chi connectivity index (χ2v) is 9.57. The van der Waals surface area contributed by atoms with Crippen LogP contribution in [0.25, 0.3) is 0 Å². The molecule has 4 nitrogen and oxygen atoms in total.